The minimum Gasteiger partial charge on any atom is -0.320 e. The fourth-order valence-electron chi connectivity index (χ4n) is 8.23. The molecule has 0 N–H and O–H groups in total. The Kier molecular flexibility index (Phi) is 7.25. The summed E-state index contributed by atoms with van der Waals surface area (Å²) in [5, 5.41) is 5.27. The summed E-state index contributed by atoms with van der Waals surface area (Å²) < 4.78 is 2.46. The van der Waals surface area contributed by atoms with Crippen LogP contribution in [0, 0.1) is 23.7 Å². The Morgan fingerprint density at radius 2 is 1.26 bits per heavy atom. The zero-order valence-corrected chi connectivity index (χ0v) is 27.3. The first-order chi connectivity index (χ1) is 22.5. The lowest BCUT2D eigenvalue weighted by atomic mass is 9.76. The predicted octanol–water partition coefficient (Wildman–Crippen LogP) is 11.5. The van der Waals surface area contributed by atoms with Crippen LogP contribution in [-0.2, 0) is 6.42 Å². The molecule has 2 heteroatoms. The van der Waals surface area contributed by atoms with E-state index < -0.39 is 0 Å². The molecule has 3 aliphatic rings. The summed E-state index contributed by atoms with van der Waals surface area (Å²) in [6, 6.07) is 26.9. The molecule has 2 nitrogen and oxygen atoms in total. The SMILES string of the molecule is CCc1nc2ccccc2n1C1C=CC(c2c3ccccc3c(C3=CC(C)C(C4=CC(C)CC=C4)C=C3)c3ccccc23)=CC1C. The topological polar surface area (TPSA) is 17.8 Å². The predicted molar refractivity (Wildman–Crippen MR) is 197 cm³/mol. The van der Waals surface area contributed by atoms with Gasteiger partial charge in [-0.3, -0.25) is 0 Å². The number of hydrogen-bond acceptors (Lipinski definition) is 1. The summed E-state index contributed by atoms with van der Waals surface area (Å²) in [6.07, 6.45) is 23.8. The van der Waals surface area contributed by atoms with Crippen molar-refractivity contribution in [3.8, 4) is 0 Å². The summed E-state index contributed by atoms with van der Waals surface area (Å²) in [4.78, 5) is 4.98. The van der Waals surface area contributed by atoms with Crippen LogP contribution >= 0.6 is 0 Å². The molecular formula is C44H42N2. The molecule has 0 saturated carbocycles. The molecule has 0 saturated heterocycles. The number of nitrogens with zero attached hydrogens (tertiary/aromatic N) is 2. The first-order valence-corrected chi connectivity index (χ1v) is 17.1. The van der Waals surface area contributed by atoms with Crippen LogP contribution in [0.25, 0.3) is 43.7 Å². The van der Waals surface area contributed by atoms with Gasteiger partial charge in [0.05, 0.1) is 17.1 Å². The smallest absolute Gasteiger partial charge is 0.110 e. The molecule has 5 aromatic rings. The van der Waals surface area contributed by atoms with E-state index in [4.69, 9.17) is 4.98 Å². The standard InChI is InChI=1S/C44H42N2/c1-5-42-45-39-19-10-11-20-41(39)46(42)40-24-22-33(27-30(40)4)44-37-17-8-6-15-35(37)43(36-16-7-9-18-38(36)44)32-21-23-34(29(3)26-32)31-14-12-13-28(2)25-31/h6-12,14-30,34,40H,5,13H2,1-4H3. The molecule has 0 bridgehead atoms. The average Bonchev–Trinajstić information content (AvgIpc) is 3.45. The number of allylic oxidation sites excluding steroid dienone is 12. The lowest BCUT2D eigenvalue weighted by molar-refractivity contribution is 0.483. The number of rotatable bonds is 5. The summed E-state index contributed by atoms with van der Waals surface area (Å²) in [7, 11) is 0. The van der Waals surface area contributed by atoms with E-state index in [1.165, 1.54) is 54.9 Å². The highest BCUT2D eigenvalue weighted by Crippen LogP contribution is 2.45. The third-order valence-corrected chi connectivity index (χ3v) is 10.4. The number of imidazole rings is 1. The second-order valence-electron chi connectivity index (χ2n) is 13.6. The van der Waals surface area contributed by atoms with Crippen LogP contribution in [0.4, 0.5) is 0 Å². The van der Waals surface area contributed by atoms with E-state index in [9.17, 15) is 0 Å². The largest absolute Gasteiger partial charge is 0.320 e. The van der Waals surface area contributed by atoms with Crippen molar-refractivity contribution in [3.63, 3.8) is 0 Å². The number of benzene rings is 4. The van der Waals surface area contributed by atoms with Gasteiger partial charge in [-0.1, -0.05) is 143 Å². The molecule has 228 valence electrons. The van der Waals surface area contributed by atoms with E-state index in [0.717, 1.165) is 24.2 Å². The van der Waals surface area contributed by atoms with Crippen LogP contribution in [0.2, 0.25) is 0 Å². The summed E-state index contributed by atoms with van der Waals surface area (Å²) in [5.41, 5.74) is 9.07. The Balaban J connectivity index is 1.24. The zero-order valence-electron chi connectivity index (χ0n) is 27.3. The molecule has 8 rings (SSSR count). The number of aromatic nitrogens is 2. The van der Waals surface area contributed by atoms with Crippen LogP contribution in [0.5, 0.6) is 0 Å². The molecule has 1 aromatic heterocycles. The van der Waals surface area contributed by atoms with E-state index in [1.807, 2.05) is 0 Å². The van der Waals surface area contributed by atoms with Gasteiger partial charge in [0.25, 0.3) is 0 Å². The van der Waals surface area contributed by atoms with Crippen LogP contribution < -0.4 is 0 Å². The zero-order chi connectivity index (χ0) is 31.4. The Morgan fingerprint density at radius 1 is 0.674 bits per heavy atom. The van der Waals surface area contributed by atoms with E-state index in [2.05, 4.69) is 160 Å². The van der Waals surface area contributed by atoms with Crippen molar-refractivity contribution in [1.29, 1.82) is 0 Å². The van der Waals surface area contributed by atoms with Gasteiger partial charge >= 0.3 is 0 Å². The van der Waals surface area contributed by atoms with Crippen LogP contribution in [0.15, 0.2) is 133 Å². The molecular weight excluding hydrogens is 556 g/mol. The third-order valence-electron chi connectivity index (χ3n) is 10.4. The van der Waals surface area contributed by atoms with Crippen molar-refractivity contribution in [3.05, 3.63) is 150 Å². The van der Waals surface area contributed by atoms with Crippen molar-refractivity contribution in [2.45, 2.75) is 46.6 Å². The van der Waals surface area contributed by atoms with Gasteiger partial charge in [0.15, 0.2) is 0 Å². The quantitative estimate of drug-likeness (QED) is 0.184. The fourth-order valence-corrected chi connectivity index (χ4v) is 8.23. The number of hydrogen-bond donors (Lipinski definition) is 0. The van der Waals surface area contributed by atoms with Gasteiger partial charge in [0, 0.05) is 12.3 Å². The van der Waals surface area contributed by atoms with Crippen LogP contribution in [0.3, 0.4) is 0 Å². The molecule has 46 heavy (non-hydrogen) atoms. The minimum atomic E-state index is 0.229. The normalized spacial score (nSPS) is 24.4. The molecule has 0 radical (unpaired) electrons. The molecule has 1 heterocycles. The van der Waals surface area contributed by atoms with Gasteiger partial charge < -0.3 is 4.57 Å². The van der Waals surface area contributed by atoms with Crippen molar-refractivity contribution in [2.75, 3.05) is 0 Å². The second kappa shape index (κ2) is 11.6. The van der Waals surface area contributed by atoms with Gasteiger partial charge in [-0.2, -0.15) is 0 Å². The fraction of sp³-hybridized carbons (Fsp3) is 0.250. The van der Waals surface area contributed by atoms with Crippen LogP contribution in [-0.4, -0.2) is 9.55 Å². The minimum absolute atomic E-state index is 0.229. The molecule has 4 aromatic carbocycles. The number of aryl methyl sites for hydroxylation is 1. The highest BCUT2D eigenvalue weighted by Gasteiger charge is 2.27. The van der Waals surface area contributed by atoms with Crippen molar-refractivity contribution >= 4 is 43.7 Å². The van der Waals surface area contributed by atoms with Crippen LogP contribution in [0.1, 0.15) is 57.1 Å². The van der Waals surface area contributed by atoms with Gasteiger partial charge in [0.2, 0.25) is 0 Å². The van der Waals surface area contributed by atoms with Crippen molar-refractivity contribution in [1.82, 2.24) is 9.55 Å². The highest BCUT2D eigenvalue weighted by molar-refractivity contribution is 6.17. The Hall–Kier alpha value is -4.69. The van der Waals surface area contributed by atoms with E-state index in [-0.39, 0.29) is 6.04 Å². The Labute approximate surface area is 272 Å². The van der Waals surface area contributed by atoms with Gasteiger partial charge in [-0.05, 0) is 85.7 Å². The molecule has 0 fully saturated rings. The molecule has 5 atom stereocenters. The maximum absolute atomic E-state index is 4.98. The van der Waals surface area contributed by atoms with E-state index >= 15 is 0 Å². The third kappa shape index (κ3) is 4.74. The monoisotopic (exact) mass is 598 g/mol. The average molecular weight is 599 g/mol. The molecule has 5 unspecified atom stereocenters. The summed E-state index contributed by atoms with van der Waals surface area (Å²) in [5.74, 6) is 2.92. The van der Waals surface area contributed by atoms with Crippen molar-refractivity contribution < 1.29 is 0 Å². The maximum atomic E-state index is 4.98. The molecule has 0 spiro atoms. The number of para-hydroxylation sites is 2. The molecule has 0 amide bonds. The molecule has 3 aliphatic carbocycles. The van der Waals surface area contributed by atoms with Gasteiger partial charge in [-0.15, -0.1) is 0 Å². The first kappa shape index (κ1) is 28.8. The van der Waals surface area contributed by atoms with E-state index in [1.54, 1.807) is 0 Å². The first-order valence-electron chi connectivity index (χ1n) is 17.1. The lowest BCUT2D eigenvalue weighted by Gasteiger charge is -2.29. The van der Waals surface area contributed by atoms with Crippen molar-refractivity contribution in [2.24, 2.45) is 23.7 Å². The number of fused-ring (bicyclic) bond motifs is 3. The Morgan fingerprint density at radius 3 is 1.85 bits per heavy atom. The highest BCUT2D eigenvalue weighted by atomic mass is 15.1. The van der Waals surface area contributed by atoms with E-state index in [0.29, 0.717) is 23.7 Å². The summed E-state index contributed by atoms with van der Waals surface area (Å²) >= 11 is 0. The lowest BCUT2D eigenvalue weighted by Crippen LogP contribution is -2.18. The maximum Gasteiger partial charge on any atom is 0.110 e. The summed E-state index contributed by atoms with van der Waals surface area (Å²) in [6.45, 7) is 9.26. The second-order valence-corrected chi connectivity index (χ2v) is 13.6. The van der Waals surface area contributed by atoms with Gasteiger partial charge in [-0.25, -0.2) is 4.98 Å². The molecule has 0 aliphatic heterocycles. The Bertz CT molecular complexity index is 2120. The van der Waals surface area contributed by atoms with Gasteiger partial charge in [0.1, 0.15) is 5.82 Å².